The number of carbonyl (C=O) groups excluding carboxylic acids is 2. The van der Waals surface area contributed by atoms with Crippen molar-refractivity contribution < 1.29 is 14.0 Å². The molecule has 0 saturated heterocycles. The van der Waals surface area contributed by atoms with Crippen molar-refractivity contribution in [2.75, 3.05) is 5.32 Å². The van der Waals surface area contributed by atoms with Gasteiger partial charge in [-0.25, -0.2) is 4.39 Å². The molecule has 1 amide bonds. The maximum atomic E-state index is 14.3. The van der Waals surface area contributed by atoms with Gasteiger partial charge in [0.05, 0.1) is 16.8 Å². The molecule has 0 radical (unpaired) electrons. The molecule has 0 atom stereocenters. The van der Waals surface area contributed by atoms with Gasteiger partial charge in [-0.2, -0.15) is 0 Å². The van der Waals surface area contributed by atoms with Gasteiger partial charge in [0, 0.05) is 18.0 Å². The standard InChI is InChI=1S/C20H17FN2O2/c1-13(24)10-11-14-5-2-8-16(21)18(14)20(25)23-17-9-3-6-15-7-4-12-22-19(15)17/h2-9,12H,10-11H2,1H3,(H,23,25). The van der Waals surface area contributed by atoms with E-state index in [4.69, 9.17) is 0 Å². The zero-order valence-corrected chi connectivity index (χ0v) is 13.8. The number of pyridine rings is 1. The molecule has 3 rings (SSSR count). The molecule has 0 aliphatic carbocycles. The predicted octanol–water partition coefficient (Wildman–Crippen LogP) is 4.15. The van der Waals surface area contributed by atoms with E-state index in [1.807, 2.05) is 18.2 Å². The Labute approximate surface area is 144 Å². The number of carbonyl (C=O) groups is 2. The third-order valence-corrected chi connectivity index (χ3v) is 3.95. The Morgan fingerprint density at radius 3 is 2.64 bits per heavy atom. The number of nitrogens with zero attached hydrogens (tertiary/aromatic N) is 1. The van der Waals surface area contributed by atoms with Crippen molar-refractivity contribution in [3.8, 4) is 0 Å². The molecule has 0 spiro atoms. The number of benzene rings is 2. The van der Waals surface area contributed by atoms with Crippen LogP contribution in [0.4, 0.5) is 10.1 Å². The van der Waals surface area contributed by atoms with Gasteiger partial charge in [0.25, 0.3) is 5.91 Å². The molecule has 1 N–H and O–H groups in total. The number of amides is 1. The summed E-state index contributed by atoms with van der Waals surface area (Å²) in [5, 5.41) is 3.62. The van der Waals surface area contributed by atoms with E-state index in [-0.39, 0.29) is 17.8 Å². The molecule has 126 valence electrons. The Morgan fingerprint density at radius 2 is 1.84 bits per heavy atom. The van der Waals surface area contributed by atoms with E-state index in [0.29, 0.717) is 23.2 Å². The third kappa shape index (κ3) is 3.71. The number of ketones is 1. The van der Waals surface area contributed by atoms with Gasteiger partial charge < -0.3 is 10.1 Å². The Morgan fingerprint density at radius 1 is 1.08 bits per heavy atom. The average Bonchev–Trinajstić information content (AvgIpc) is 2.60. The minimum absolute atomic E-state index is 0.00567. The number of aryl methyl sites for hydroxylation is 1. The lowest BCUT2D eigenvalue weighted by Crippen LogP contribution is -2.17. The number of hydrogen-bond donors (Lipinski definition) is 1. The van der Waals surface area contributed by atoms with E-state index >= 15 is 0 Å². The zero-order chi connectivity index (χ0) is 17.8. The SMILES string of the molecule is CC(=O)CCc1cccc(F)c1C(=O)Nc1cccc2cccnc12. The molecule has 4 nitrogen and oxygen atoms in total. The predicted molar refractivity (Wildman–Crippen MR) is 95.1 cm³/mol. The van der Waals surface area contributed by atoms with Crippen LogP contribution >= 0.6 is 0 Å². The minimum atomic E-state index is -0.605. The van der Waals surface area contributed by atoms with Crippen LogP contribution < -0.4 is 5.32 Å². The third-order valence-electron chi connectivity index (χ3n) is 3.95. The first-order valence-electron chi connectivity index (χ1n) is 7.98. The second kappa shape index (κ2) is 7.21. The summed E-state index contributed by atoms with van der Waals surface area (Å²) in [4.78, 5) is 28.2. The normalized spacial score (nSPS) is 10.6. The second-order valence-corrected chi connectivity index (χ2v) is 5.81. The molecule has 2 aromatic carbocycles. The zero-order valence-electron chi connectivity index (χ0n) is 13.8. The number of rotatable bonds is 5. The Hall–Kier alpha value is -3.08. The van der Waals surface area contributed by atoms with Crippen LogP contribution in [0.2, 0.25) is 0 Å². The van der Waals surface area contributed by atoms with Gasteiger partial charge in [-0.15, -0.1) is 0 Å². The molecule has 1 heterocycles. The van der Waals surface area contributed by atoms with Gasteiger partial charge in [-0.05, 0) is 37.1 Å². The molecule has 0 bridgehead atoms. The number of fused-ring (bicyclic) bond motifs is 1. The molecule has 0 saturated carbocycles. The van der Waals surface area contributed by atoms with Crippen LogP contribution in [0.5, 0.6) is 0 Å². The average molecular weight is 336 g/mol. The van der Waals surface area contributed by atoms with E-state index in [0.717, 1.165) is 5.39 Å². The van der Waals surface area contributed by atoms with Crippen LogP contribution in [0.3, 0.4) is 0 Å². The van der Waals surface area contributed by atoms with Gasteiger partial charge in [0.1, 0.15) is 11.6 Å². The van der Waals surface area contributed by atoms with Crippen LogP contribution in [-0.2, 0) is 11.2 Å². The molecule has 0 aliphatic heterocycles. The number of anilines is 1. The Bertz CT molecular complexity index is 948. The number of para-hydroxylation sites is 1. The van der Waals surface area contributed by atoms with E-state index in [1.54, 1.807) is 30.5 Å². The molecule has 3 aromatic rings. The maximum absolute atomic E-state index is 14.3. The lowest BCUT2D eigenvalue weighted by Gasteiger charge is -2.12. The fourth-order valence-corrected chi connectivity index (χ4v) is 2.73. The summed E-state index contributed by atoms with van der Waals surface area (Å²) in [6.07, 6.45) is 2.22. The van der Waals surface area contributed by atoms with Crippen LogP contribution in [0.1, 0.15) is 29.3 Å². The highest BCUT2D eigenvalue weighted by molar-refractivity contribution is 6.09. The van der Waals surface area contributed by atoms with Crippen molar-refractivity contribution in [3.63, 3.8) is 0 Å². The number of Topliss-reactive ketones (excluding diaryl/α,β-unsaturated/α-hetero) is 1. The highest BCUT2D eigenvalue weighted by Gasteiger charge is 2.18. The Kier molecular flexibility index (Phi) is 4.84. The van der Waals surface area contributed by atoms with Crippen molar-refractivity contribution in [1.82, 2.24) is 4.98 Å². The first-order chi connectivity index (χ1) is 12.1. The van der Waals surface area contributed by atoms with Crippen LogP contribution in [0.25, 0.3) is 10.9 Å². The summed E-state index contributed by atoms with van der Waals surface area (Å²) in [5.41, 5.74) is 1.64. The van der Waals surface area contributed by atoms with Crippen LogP contribution in [0.15, 0.2) is 54.7 Å². The quantitative estimate of drug-likeness (QED) is 0.761. The van der Waals surface area contributed by atoms with Crippen molar-refractivity contribution in [3.05, 3.63) is 71.7 Å². The van der Waals surface area contributed by atoms with E-state index < -0.39 is 11.7 Å². The van der Waals surface area contributed by atoms with Gasteiger partial charge >= 0.3 is 0 Å². The molecular weight excluding hydrogens is 319 g/mol. The lowest BCUT2D eigenvalue weighted by molar-refractivity contribution is -0.116. The number of hydrogen-bond acceptors (Lipinski definition) is 3. The summed E-state index contributed by atoms with van der Waals surface area (Å²) in [7, 11) is 0. The molecule has 1 aromatic heterocycles. The molecule has 0 aliphatic rings. The van der Waals surface area contributed by atoms with Crippen LogP contribution in [-0.4, -0.2) is 16.7 Å². The topological polar surface area (TPSA) is 59.1 Å². The Balaban J connectivity index is 1.94. The van der Waals surface area contributed by atoms with Gasteiger partial charge in [0.2, 0.25) is 0 Å². The molecule has 25 heavy (non-hydrogen) atoms. The molecule has 0 unspecified atom stereocenters. The van der Waals surface area contributed by atoms with Crippen molar-refractivity contribution >= 4 is 28.3 Å². The highest BCUT2D eigenvalue weighted by atomic mass is 19.1. The summed E-state index contributed by atoms with van der Waals surface area (Å²) in [5.74, 6) is -1.16. The fourth-order valence-electron chi connectivity index (χ4n) is 2.73. The van der Waals surface area contributed by atoms with Crippen molar-refractivity contribution in [2.24, 2.45) is 0 Å². The van der Waals surface area contributed by atoms with Gasteiger partial charge in [-0.3, -0.25) is 9.78 Å². The number of aromatic nitrogens is 1. The summed E-state index contributed by atoms with van der Waals surface area (Å²) < 4.78 is 14.3. The summed E-state index contributed by atoms with van der Waals surface area (Å²) >= 11 is 0. The first-order valence-corrected chi connectivity index (χ1v) is 7.98. The molecule has 0 fully saturated rings. The van der Waals surface area contributed by atoms with E-state index in [9.17, 15) is 14.0 Å². The van der Waals surface area contributed by atoms with Crippen molar-refractivity contribution in [1.29, 1.82) is 0 Å². The fraction of sp³-hybridized carbons (Fsp3) is 0.150. The smallest absolute Gasteiger partial charge is 0.258 e. The minimum Gasteiger partial charge on any atom is -0.320 e. The number of halogens is 1. The second-order valence-electron chi connectivity index (χ2n) is 5.81. The molecule has 5 heteroatoms. The van der Waals surface area contributed by atoms with E-state index in [1.165, 1.54) is 13.0 Å². The molecular formula is C20H17FN2O2. The monoisotopic (exact) mass is 336 g/mol. The summed E-state index contributed by atoms with van der Waals surface area (Å²) in [6, 6.07) is 13.6. The largest absolute Gasteiger partial charge is 0.320 e. The maximum Gasteiger partial charge on any atom is 0.258 e. The van der Waals surface area contributed by atoms with Gasteiger partial charge in [0.15, 0.2) is 0 Å². The van der Waals surface area contributed by atoms with Gasteiger partial charge in [-0.1, -0.05) is 30.3 Å². The highest BCUT2D eigenvalue weighted by Crippen LogP contribution is 2.23. The van der Waals surface area contributed by atoms with Crippen molar-refractivity contribution in [2.45, 2.75) is 19.8 Å². The van der Waals surface area contributed by atoms with E-state index in [2.05, 4.69) is 10.3 Å². The lowest BCUT2D eigenvalue weighted by atomic mass is 10.0. The number of nitrogens with one attached hydrogen (secondary N) is 1. The summed E-state index contributed by atoms with van der Waals surface area (Å²) in [6.45, 7) is 1.47. The van der Waals surface area contributed by atoms with Crippen LogP contribution in [0, 0.1) is 5.82 Å². The first kappa shape index (κ1) is 16.8.